The molecule has 0 aliphatic heterocycles. The van der Waals surface area contributed by atoms with Gasteiger partial charge in [-0.2, -0.15) is 0 Å². The van der Waals surface area contributed by atoms with Gasteiger partial charge in [-0.1, -0.05) is 27.7 Å². The van der Waals surface area contributed by atoms with Crippen molar-refractivity contribution in [3.63, 3.8) is 0 Å². The van der Waals surface area contributed by atoms with E-state index >= 15 is 0 Å². The molecule has 0 aromatic heterocycles. The van der Waals surface area contributed by atoms with Gasteiger partial charge in [0.1, 0.15) is 12.2 Å². The molecule has 0 saturated heterocycles. The summed E-state index contributed by atoms with van der Waals surface area (Å²) in [5, 5.41) is 0. The molecule has 21 heavy (non-hydrogen) atoms. The summed E-state index contributed by atoms with van der Waals surface area (Å²) in [7, 11) is 0. The van der Waals surface area contributed by atoms with Crippen molar-refractivity contribution in [3.8, 4) is 0 Å². The first-order valence-corrected chi connectivity index (χ1v) is 7.48. The molecule has 0 fully saturated rings. The van der Waals surface area contributed by atoms with Gasteiger partial charge in [-0.15, -0.1) is 0 Å². The van der Waals surface area contributed by atoms with Crippen molar-refractivity contribution < 1.29 is 28.5 Å². The Bertz CT molecular complexity index is 283. The van der Waals surface area contributed by atoms with E-state index in [1.165, 1.54) is 0 Å². The van der Waals surface area contributed by atoms with E-state index in [0.717, 1.165) is 0 Å². The van der Waals surface area contributed by atoms with E-state index in [4.69, 9.17) is 18.9 Å². The lowest BCUT2D eigenvalue weighted by Crippen LogP contribution is -2.33. The topological polar surface area (TPSA) is 71.1 Å². The quantitative estimate of drug-likeness (QED) is 0.636. The summed E-state index contributed by atoms with van der Waals surface area (Å²) in [5.41, 5.74) is 0. The van der Waals surface area contributed by atoms with Crippen molar-refractivity contribution in [1.29, 1.82) is 0 Å². The molecule has 0 heterocycles. The summed E-state index contributed by atoms with van der Waals surface area (Å²) in [6.45, 7) is 11.7. The van der Waals surface area contributed by atoms with Gasteiger partial charge in [0, 0.05) is 6.42 Å². The molecule has 0 aromatic rings. The number of rotatable bonds is 8. The molecule has 6 heteroatoms. The molecule has 124 valence electrons. The summed E-state index contributed by atoms with van der Waals surface area (Å²) in [6, 6.07) is 0. The number of hydrogen-bond acceptors (Lipinski definition) is 6. The Balaban J connectivity index is 4.66. The number of hydrogen-bond donors (Lipinski definition) is 0. The monoisotopic (exact) mass is 304 g/mol. The summed E-state index contributed by atoms with van der Waals surface area (Å²) in [4.78, 5) is 22.9. The minimum absolute atomic E-state index is 0.0847. The Labute approximate surface area is 127 Å². The molecule has 0 aromatic carbocycles. The molecule has 0 bridgehead atoms. The molecule has 0 aliphatic carbocycles. The summed E-state index contributed by atoms with van der Waals surface area (Å²) >= 11 is 0. The van der Waals surface area contributed by atoms with Crippen molar-refractivity contribution in [2.24, 2.45) is 11.8 Å². The Kier molecular flexibility index (Phi) is 9.58. The van der Waals surface area contributed by atoms with Gasteiger partial charge in [-0.05, 0) is 25.7 Å². The van der Waals surface area contributed by atoms with Crippen LogP contribution in [0, 0.1) is 11.8 Å². The Morgan fingerprint density at radius 3 is 1.33 bits per heavy atom. The van der Waals surface area contributed by atoms with Crippen molar-refractivity contribution >= 4 is 12.3 Å². The molecule has 0 N–H and O–H groups in total. The molecular formula is C15H28O6. The third-order valence-corrected chi connectivity index (χ3v) is 2.97. The minimum Gasteiger partial charge on any atom is -0.435 e. The maximum atomic E-state index is 11.5. The van der Waals surface area contributed by atoms with E-state index in [9.17, 15) is 9.59 Å². The maximum absolute atomic E-state index is 11.5. The molecule has 0 spiro atoms. The first-order valence-electron chi connectivity index (χ1n) is 7.48. The lowest BCUT2D eigenvalue weighted by molar-refractivity contribution is -0.0374. The summed E-state index contributed by atoms with van der Waals surface area (Å²) in [5.74, 6) is 0.169. The molecule has 0 aliphatic rings. The predicted molar refractivity (Wildman–Crippen MR) is 78.1 cm³/mol. The molecule has 0 radical (unpaired) electrons. The molecule has 0 saturated carbocycles. The average Bonchev–Trinajstić information content (AvgIpc) is 2.37. The number of carbonyl (C=O) groups excluding carboxylic acids is 2. The molecule has 2 atom stereocenters. The van der Waals surface area contributed by atoms with Crippen LogP contribution in [0.1, 0.15) is 48.0 Å². The largest absolute Gasteiger partial charge is 0.508 e. The van der Waals surface area contributed by atoms with Gasteiger partial charge in [0.25, 0.3) is 0 Å². The second-order valence-electron chi connectivity index (χ2n) is 5.40. The lowest BCUT2D eigenvalue weighted by Gasteiger charge is -2.27. The highest BCUT2D eigenvalue weighted by molar-refractivity contribution is 5.60. The van der Waals surface area contributed by atoms with Crippen LogP contribution in [0.25, 0.3) is 0 Å². The summed E-state index contributed by atoms with van der Waals surface area (Å²) < 4.78 is 20.1. The zero-order valence-electron chi connectivity index (χ0n) is 13.9. The first kappa shape index (κ1) is 19.5. The smallest absolute Gasteiger partial charge is 0.435 e. The van der Waals surface area contributed by atoms with E-state index in [0.29, 0.717) is 6.42 Å². The van der Waals surface area contributed by atoms with Gasteiger partial charge in [-0.3, -0.25) is 0 Å². The maximum Gasteiger partial charge on any atom is 0.508 e. The van der Waals surface area contributed by atoms with E-state index < -0.39 is 12.3 Å². The van der Waals surface area contributed by atoms with E-state index in [2.05, 4.69) is 0 Å². The zero-order valence-corrected chi connectivity index (χ0v) is 13.9. The molecule has 0 rings (SSSR count). The normalized spacial score (nSPS) is 13.7. The van der Waals surface area contributed by atoms with Gasteiger partial charge < -0.3 is 18.9 Å². The fourth-order valence-electron chi connectivity index (χ4n) is 1.69. The highest BCUT2D eigenvalue weighted by Crippen LogP contribution is 2.21. The van der Waals surface area contributed by atoms with Crippen molar-refractivity contribution in [2.75, 3.05) is 13.2 Å². The zero-order chi connectivity index (χ0) is 16.4. The first-order chi connectivity index (χ1) is 9.81. The van der Waals surface area contributed by atoms with Gasteiger partial charge >= 0.3 is 12.3 Å². The van der Waals surface area contributed by atoms with Gasteiger partial charge in [0.2, 0.25) is 0 Å². The Morgan fingerprint density at radius 1 is 0.762 bits per heavy atom. The molecule has 2 unspecified atom stereocenters. The van der Waals surface area contributed by atoms with Crippen LogP contribution in [0.3, 0.4) is 0 Å². The Morgan fingerprint density at radius 2 is 1.10 bits per heavy atom. The van der Waals surface area contributed by atoms with Crippen molar-refractivity contribution in [2.45, 2.75) is 60.2 Å². The molecule has 6 nitrogen and oxygen atoms in total. The van der Waals surface area contributed by atoms with E-state index in [1.807, 2.05) is 27.7 Å². The van der Waals surface area contributed by atoms with Gasteiger partial charge in [0.15, 0.2) is 0 Å². The van der Waals surface area contributed by atoms with Crippen LogP contribution >= 0.6 is 0 Å². The second-order valence-corrected chi connectivity index (χ2v) is 5.40. The van der Waals surface area contributed by atoms with Crippen LogP contribution < -0.4 is 0 Å². The van der Waals surface area contributed by atoms with Crippen LogP contribution in [0.2, 0.25) is 0 Å². The van der Waals surface area contributed by atoms with Gasteiger partial charge in [-0.25, -0.2) is 9.59 Å². The number of carbonyl (C=O) groups is 2. The van der Waals surface area contributed by atoms with Crippen LogP contribution in [-0.2, 0) is 18.9 Å². The van der Waals surface area contributed by atoms with E-state index in [-0.39, 0.29) is 37.3 Å². The average molecular weight is 304 g/mol. The van der Waals surface area contributed by atoms with Crippen LogP contribution in [0.15, 0.2) is 0 Å². The highest BCUT2D eigenvalue weighted by atomic mass is 16.7. The standard InChI is InChI=1S/C15H28O6/c1-7-18-14(16)20-12(10(3)4)9-13(11(5)6)21-15(17)19-8-2/h10-13H,7-9H2,1-6H3. The van der Waals surface area contributed by atoms with Crippen LogP contribution in [0.5, 0.6) is 0 Å². The molecular weight excluding hydrogens is 276 g/mol. The van der Waals surface area contributed by atoms with E-state index in [1.54, 1.807) is 13.8 Å². The fourth-order valence-corrected chi connectivity index (χ4v) is 1.69. The molecule has 0 amide bonds. The van der Waals surface area contributed by atoms with Crippen molar-refractivity contribution in [1.82, 2.24) is 0 Å². The SMILES string of the molecule is CCOC(=O)OC(CC(OC(=O)OCC)C(C)C)C(C)C. The fraction of sp³-hybridized carbons (Fsp3) is 0.867. The third-order valence-electron chi connectivity index (χ3n) is 2.97. The highest BCUT2D eigenvalue weighted by Gasteiger charge is 2.28. The summed E-state index contributed by atoms with van der Waals surface area (Å²) in [6.07, 6.45) is -1.76. The lowest BCUT2D eigenvalue weighted by atomic mass is 9.95. The predicted octanol–water partition coefficient (Wildman–Crippen LogP) is 3.77. The minimum atomic E-state index is -0.699. The second kappa shape index (κ2) is 10.3. The van der Waals surface area contributed by atoms with Crippen LogP contribution in [0.4, 0.5) is 9.59 Å². The third kappa shape index (κ3) is 8.42. The number of ether oxygens (including phenoxy) is 4. The Hall–Kier alpha value is -1.46. The van der Waals surface area contributed by atoms with Gasteiger partial charge in [0.05, 0.1) is 13.2 Å². The van der Waals surface area contributed by atoms with Crippen molar-refractivity contribution in [3.05, 3.63) is 0 Å². The van der Waals surface area contributed by atoms with Crippen LogP contribution in [-0.4, -0.2) is 37.7 Å².